The zero-order valence-corrected chi connectivity index (χ0v) is 34.8. The first kappa shape index (κ1) is 40.3. The summed E-state index contributed by atoms with van der Waals surface area (Å²) in [5.74, 6) is 2.96. The van der Waals surface area contributed by atoms with Gasteiger partial charge in [-0.3, -0.25) is 4.79 Å². The molecule has 55 heavy (non-hydrogen) atoms. The minimum absolute atomic E-state index is 0.120. The number of allylic oxidation sites excluding steroid dienone is 2. The molecule has 7 nitrogen and oxygen atoms in total. The number of hydrogen-bond acceptors (Lipinski definition) is 6. The summed E-state index contributed by atoms with van der Waals surface area (Å²) in [6, 6.07) is 9.52. The molecule has 10 atom stereocenters. The highest BCUT2D eigenvalue weighted by Crippen LogP contribution is 2.62. The number of amides is 1. The molecule has 7 aliphatic carbocycles. The Balaban J connectivity index is 1.25. The van der Waals surface area contributed by atoms with E-state index in [0.717, 1.165) is 49.1 Å². The Morgan fingerprint density at radius 3 is 2.53 bits per heavy atom. The first-order valence-corrected chi connectivity index (χ1v) is 21.8. The van der Waals surface area contributed by atoms with Gasteiger partial charge in [0.25, 0.3) is 0 Å². The lowest BCUT2D eigenvalue weighted by Crippen LogP contribution is -2.58. The van der Waals surface area contributed by atoms with Crippen LogP contribution in [0.15, 0.2) is 52.7 Å². The van der Waals surface area contributed by atoms with E-state index in [9.17, 15) is 19.8 Å². The largest absolute Gasteiger partial charge is 0.461 e. The molecule has 5 fully saturated rings. The van der Waals surface area contributed by atoms with Gasteiger partial charge in [-0.1, -0.05) is 71.7 Å². The SMILES string of the molecule is CC1=CCC[C@@]2(C)[C@@H](CC[C@@]2(O)CN(C[C@@H]2CC[C@H]3C[C@@H]2C3(C)C)C(=O)O[C@H]2C[C@@H](C)CC[C@@H]2C(C)C)c2ccc(cc2C(=O)c2ccco2)C[C@@H](O)CC1. The fourth-order valence-corrected chi connectivity index (χ4v) is 12.2. The monoisotopic (exact) mass is 756 g/mol. The number of carbonyl (C=O) groups is 2. The maximum Gasteiger partial charge on any atom is 0.410 e. The molecular weight excluding hydrogens is 687 g/mol. The molecule has 9 rings (SSSR count). The van der Waals surface area contributed by atoms with Crippen molar-refractivity contribution in [2.45, 2.75) is 156 Å². The summed E-state index contributed by atoms with van der Waals surface area (Å²) < 4.78 is 12.3. The van der Waals surface area contributed by atoms with Crippen LogP contribution < -0.4 is 0 Å². The van der Waals surface area contributed by atoms with Gasteiger partial charge in [0.2, 0.25) is 5.78 Å². The molecule has 0 spiro atoms. The van der Waals surface area contributed by atoms with Gasteiger partial charge in [0, 0.05) is 17.5 Å². The van der Waals surface area contributed by atoms with E-state index in [1.54, 1.807) is 12.1 Å². The minimum Gasteiger partial charge on any atom is -0.461 e. The molecule has 5 saturated carbocycles. The highest BCUT2D eigenvalue weighted by molar-refractivity contribution is 6.08. The molecule has 1 aromatic heterocycles. The highest BCUT2D eigenvalue weighted by atomic mass is 16.6. The van der Waals surface area contributed by atoms with Crippen molar-refractivity contribution in [1.82, 2.24) is 4.90 Å². The van der Waals surface area contributed by atoms with Crippen LogP contribution in [-0.2, 0) is 11.2 Å². The number of fused-ring (bicyclic) bond motifs is 10. The van der Waals surface area contributed by atoms with Crippen LogP contribution in [0.2, 0.25) is 0 Å². The first-order chi connectivity index (χ1) is 26.1. The van der Waals surface area contributed by atoms with Crippen LogP contribution in [0.3, 0.4) is 0 Å². The summed E-state index contributed by atoms with van der Waals surface area (Å²) in [6.45, 7) is 16.8. The average Bonchev–Trinajstić information content (AvgIpc) is 3.76. The van der Waals surface area contributed by atoms with Crippen molar-refractivity contribution in [2.24, 2.45) is 46.3 Å². The van der Waals surface area contributed by atoms with Crippen LogP contribution in [0.4, 0.5) is 4.79 Å². The first-order valence-electron chi connectivity index (χ1n) is 21.8. The molecule has 4 bridgehead atoms. The van der Waals surface area contributed by atoms with Crippen molar-refractivity contribution in [1.29, 1.82) is 0 Å². The van der Waals surface area contributed by atoms with Gasteiger partial charge in [-0.2, -0.15) is 0 Å². The van der Waals surface area contributed by atoms with Gasteiger partial charge in [-0.25, -0.2) is 4.79 Å². The van der Waals surface area contributed by atoms with Crippen molar-refractivity contribution >= 4 is 11.9 Å². The molecule has 7 aliphatic rings. The third kappa shape index (κ3) is 7.87. The Bertz CT molecular complexity index is 1710. The number of aliphatic hydroxyl groups excluding tert-OH is 1. The van der Waals surface area contributed by atoms with Gasteiger partial charge < -0.3 is 24.3 Å². The molecule has 0 unspecified atom stereocenters. The van der Waals surface area contributed by atoms with Crippen molar-refractivity contribution in [3.63, 3.8) is 0 Å². The molecule has 1 aromatic carbocycles. The Morgan fingerprint density at radius 2 is 1.82 bits per heavy atom. The molecule has 0 aliphatic heterocycles. The lowest BCUT2D eigenvalue weighted by atomic mass is 9.45. The molecule has 2 N–H and O–H groups in total. The Labute approximate surface area is 330 Å². The minimum atomic E-state index is -1.21. The number of rotatable bonds is 8. The zero-order valence-electron chi connectivity index (χ0n) is 34.8. The van der Waals surface area contributed by atoms with Crippen LogP contribution >= 0.6 is 0 Å². The van der Waals surface area contributed by atoms with Crippen molar-refractivity contribution in [2.75, 3.05) is 13.1 Å². The van der Waals surface area contributed by atoms with E-state index in [1.165, 1.54) is 31.1 Å². The predicted molar refractivity (Wildman–Crippen MR) is 217 cm³/mol. The van der Waals surface area contributed by atoms with E-state index in [2.05, 4.69) is 66.7 Å². The van der Waals surface area contributed by atoms with E-state index in [1.807, 2.05) is 11.0 Å². The maximum absolute atomic E-state index is 14.8. The summed E-state index contributed by atoms with van der Waals surface area (Å²) in [6.07, 6.45) is 14.1. The Morgan fingerprint density at radius 1 is 1.02 bits per heavy atom. The lowest BCUT2D eigenvalue weighted by molar-refractivity contribution is -0.122. The molecule has 7 heteroatoms. The fraction of sp³-hybridized carbons (Fsp3) is 0.708. The predicted octanol–water partition coefficient (Wildman–Crippen LogP) is 10.5. The van der Waals surface area contributed by atoms with Gasteiger partial charge in [0.15, 0.2) is 5.76 Å². The molecule has 302 valence electrons. The van der Waals surface area contributed by atoms with Crippen LogP contribution in [0.5, 0.6) is 0 Å². The summed E-state index contributed by atoms with van der Waals surface area (Å²) in [5, 5.41) is 24.3. The second-order valence-corrected chi connectivity index (χ2v) is 20.1. The van der Waals surface area contributed by atoms with Gasteiger partial charge in [-0.15, -0.1) is 0 Å². The summed E-state index contributed by atoms with van der Waals surface area (Å²) in [5.41, 5.74) is 2.06. The standard InChI is InChI=1S/C48H69NO6/c1-30(2)37-18-13-32(4)24-43(37)55-45(52)49(28-34-15-16-35-27-41(34)46(35,5)6)29-48(53)22-20-40-38-19-14-33(26-39(38)44(51)42-11-9-23-54-42)25-36(50)17-12-31(3)10-8-21-47(40,48)7/h9-11,14,19,23,26,30,32,34-37,40-41,43,50,53H,8,12-13,15-18,20-22,24-25,27-29H2,1-7H3/t32-,34-,35-,36-,37+,40-,41-,43-,47-,48+/m0/s1. The number of hydrogen-bond donors (Lipinski definition) is 2. The Kier molecular flexibility index (Phi) is 11.6. The highest BCUT2D eigenvalue weighted by Gasteiger charge is 2.59. The normalized spacial score (nSPS) is 36.0. The quantitative estimate of drug-likeness (QED) is 0.206. The van der Waals surface area contributed by atoms with E-state index in [4.69, 9.17) is 9.15 Å². The van der Waals surface area contributed by atoms with Gasteiger partial charge >= 0.3 is 6.09 Å². The van der Waals surface area contributed by atoms with Crippen molar-refractivity contribution in [3.8, 4) is 0 Å². The molecule has 1 heterocycles. The van der Waals surface area contributed by atoms with E-state index in [0.29, 0.717) is 73.8 Å². The number of ketones is 1. The molecule has 1 amide bonds. The number of ether oxygens (including phenoxy) is 1. The number of benzene rings is 1. The van der Waals surface area contributed by atoms with Gasteiger partial charge in [0.05, 0.1) is 24.5 Å². The number of nitrogens with zero attached hydrogens (tertiary/aromatic N) is 1. The van der Waals surface area contributed by atoms with Crippen LogP contribution in [0.25, 0.3) is 0 Å². The van der Waals surface area contributed by atoms with Crippen LogP contribution in [0.1, 0.15) is 159 Å². The van der Waals surface area contributed by atoms with E-state index >= 15 is 0 Å². The number of aliphatic hydroxyl groups is 2. The zero-order chi connectivity index (χ0) is 39.3. The summed E-state index contributed by atoms with van der Waals surface area (Å²) in [4.78, 5) is 30.9. The van der Waals surface area contributed by atoms with Crippen LogP contribution in [0, 0.1) is 46.3 Å². The topological polar surface area (TPSA) is 100 Å². The maximum atomic E-state index is 14.8. The second kappa shape index (κ2) is 15.8. The second-order valence-electron chi connectivity index (χ2n) is 20.1. The third-order valence-electron chi connectivity index (χ3n) is 16.0. The van der Waals surface area contributed by atoms with Crippen LogP contribution in [-0.4, -0.2) is 57.9 Å². The Hall–Kier alpha value is -2.90. The van der Waals surface area contributed by atoms with Crippen molar-refractivity contribution < 1.29 is 29.0 Å². The molecular formula is C48H69NO6. The van der Waals surface area contributed by atoms with E-state index in [-0.39, 0.29) is 41.6 Å². The number of furan rings is 1. The third-order valence-corrected chi connectivity index (χ3v) is 16.0. The molecule has 2 aromatic rings. The fourth-order valence-electron chi connectivity index (χ4n) is 12.2. The average molecular weight is 756 g/mol. The summed E-state index contributed by atoms with van der Waals surface area (Å²) in [7, 11) is 0. The van der Waals surface area contributed by atoms with E-state index < -0.39 is 17.1 Å². The number of carbonyl (C=O) groups excluding carboxylic acids is 2. The summed E-state index contributed by atoms with van der Waals surface area (Å²) >= 11 is 0. The smallest absolute Gasteiger partial charge is 0.410 e. The van der Waals surface area contributed by atoms with Crippen molar-refractivity contribution in [3.05, 3.63) is 70.7 Å². The lowest BCUT2D eigenvalue weighted by Gasteiger charge is -2.60. The molecule has 0 saturated heterocycles. The van der Waals surface area contributed by atoms with Gasteiger partial charge in [0.1, 0.15) is 6.10 Å². The van der Waals surface area contributed by atoms with Gasteiger partial charge in [-0.05, 0) is 160 Å². The molecule has 0 radical (unpaired) electrons.